The lowest BCUT2D eigenvalue weighted by Gasteiger charge is -2.14. The van der Waals surface area contributed by atoms with E-state index in [1.807, 2.05) is 32.0 Å². The lowest BCUT2D eigenvalue weighted by Crippen LogP contribution is -2.09. The Morgan fingerprint density at radius 1 is 1.37 bits per heavy atom. The van der Waals surface area contributed by atoms with E-state index < -0.39 is 0 Å². The van der Waals surface area contributed by atoms with E-state index in [2.05, 4.69) is 28.6 Å². The van der Waals surface area contributed by atoms with Crippen LogP contribution in [0.4, 0.5) is 0 Å². The topological polar surface area (TPSA) is 41.6 Å². The fourth-order valence-corrected chi connectivity index (χ4v) is 3.26. The number of thioether (sulfide) groups is 1. The van der Waals surface area contributed by atoms with Crippen molar-refractivity contribution in [1.82, 2.24) is 9.55 Å². The van der Waals surface area contributed by atoms with Crippen LogP contribution in [-0.4, -0.2) is 15.3 Å². The Morgan fingerprint density at radius 2 is 2.11 bits per heavy atom. The molecule has 2 aromatic rings. The van der Waals surface area contributed by atoms with E-state index in [4.69, 9.17) is 5.26 Å². The van der Waals surface area contributed by atoms with Crippen molar-refractivity contribution in [3.8, 4) is 6.07 Å². The second kappa shape index (κ2) is 5.66. The normalized spacial score (nSPS) is 11.7. The van der Waals surface area contributed by atoms with Gasteiger partial charge in [0.05, 0.1) is 22.5 Å². The number of aromatic nitrogens is 2. The van der Waals surface area contributed by atoms with Gasteiger partial charge in [0.2, 0.25) is 0 Å². The zero-order valence-electron chi connectivity index (χ0n) is 11.7. The number of aryl methyl sites for hydroxylation is 1. The molecule has 1 aromatic heterocycles. The Hall–Kier alpha value is -1.47. The smallest absolute Gasteiger partial charge is 0.169 e. The summed E-state index contributed by atoms with van der Waals surface area (Å²) in [6, 6.07) is 10.6. The molecule has 0 spiro atoms. The van der Waals surface area contributed by atoms with Crippen LogP contribution in [0.1, 0.15) is 27.2 Å². The van der Waals surface area contributed by atoms with E-state index >= 15 is 0 Å². The summed E-state index contributed by atoms with van der Waals surface area (Å²) >= 11 is 1.74. The van der Waals surface area contributed by atoms with Gasteiger partial charge in [-0.25, -0.2) is 4.98 Å². The minimum Gasteiger partial charge on any atom is -0.319 e. The molecule has 0 bridgehead atoms. The Kier molecular flexibility index (Phi) is 4.16. The molecule has 0 radical (unpaired) electrons. The molecule has 19 heavy (non-hydrogen) atoms. The van der Waals surface area contributed by atoms with E-state index in [-0.39, 0.29) is 5.41 Å². The predicted octanol–water partition coefficient (Wildman–Crippen LogP) is 4.09. The van der Waals surface area contributed by atoms with Crippen molar-refractivity contribution in [3.63, 3.8) is 0 Å². The summed E-state index contributed by atoms with van der Waals surface area (Å²) in [5.74, 6) is 0.921. The highest BCUT2D eigenvalue weighted by atomic mass is 32.2. The molecule has 0 saturated heterocycles. The largest absolute Gasteiger partial charge is 0.319 e. The fourth-order valence-electron chi connectivity index (χ4n) is 1.92. The summed E-state index contributed by atoms with van der Waals surface area (Å²) < 4.78 is 2.24. The number of nitrogens with zero attached hydrogens (tertiary/aromatic N) is 3. The van der Waals surface area contributed by atoms with E-state index in [0.717, 1.165) is 29.4 Å². The van der Waals surface area contributed by atoms with Crippen molar-refractivity contribution in [2.24, 2.45) is 5.41 Å². The maximum Gasteiger partial charge on any atom is 0.169 e. The summed E-state index contributed by atoms with van der Waals surface area (Å²) in [6.45, 7) is 7.02. The first-order chi connectivity index (χ1) is 9.07. The Labute approximate surface area is 118 Å². The predicted molar refractivity (Wildman–Crippen MR) is 80.1 cm³/mol. The van der Waals surface area contributed by atoms with Crippen LogP contribution in [0.3, 0.4) is 0 Å². The highest BCUT2D eigenvalue weighted by molar-refractivity contribution is 7.99. The van der Waals surface area contributed by atoms with Gasteiger partial charge < -0.3 is 4.57 Å². The van der Waals surface area contributed by atoms with Crippen LogP contribution >= 0.6 is 11.8 Å². The number of rotatable bonds is 5. The summed E-state index contributed by atoms with van der Waals surface area (Å²) in [4.78, 5) is 4.67. The monoisotopic (exact) mass is 273 g/mol. The standard InChI is InChI=1S/C15H19N3S/c1-4-18-13-8-6-5-7-12(13)17-14(18)19-10-9-15(2,3)11-16/h5-8H,4,9-10H2,1-3H3. The number of fused-ring (bicyclic) bond motifs is 1. The molecule has 4 heteroatoms. The molecule has 0 fully saturated rings. The Balaban J connectivity index is 2.15. The maximum atomic E-state index is 9.03. The highest BCUT2D eigenvalue weighted by Crippen LogP contribution is 2.28. The zero-order chi connectivity index (χ0) is 13.9. The lowest BCUT2D eigenvalue weighted by molar-refractivity contribution is 0.481. The third kappa shape index (κ3) is 3.10. The van der Waals surface area contributed by atoms with Crippen molar-refractivity contribution >= 4 is 22.8 Å². The summed E-state index contributed by atoms with van der Waals surface area (Å²) in [7, 11) is 0. The van der Waals surface area contributed by atoms with Gasteiger partial charge in [0, 0.05) is 12.3 Å². The summed E-state index contributed by atoms with van der Waals surface area (Å²) in [5, 5.41) is 10.1. The van der Waals surface area contributed by atoms with E-state index in [0.29, 0.717) is 0 Å². The number of imidazole rings is 1. The molecule has 2 rings (SSSR count). The van der Waals surface area contributed by atoms with Gasteiger partial charge >= 0.3 is 0 Å². The van der Waals surface area contributed by atoms with E-state index in [1.165, 1.54) is 5.52 Å². The van der Waals surface area contributed by atoms with Crippen LogP contribution in [0.15, 0.2) is 29.4 Å². The molecular weight excluding hydrogens is 254 g/mol. The molecule has 0 saturated carbocycles. The molecule has 0 atom stereocenters. The van der Waals surface area contributed by atoms with E-state index in [9.17, 15) is 0 Å². The van der Waals surface area contributed by atoms with Gasteiger partial charge in [-0.1, -0.05) is 23.9 Å². The molecule has 1 heterocycles. The van der Waals surface area contributed by atoms with Crippen LogP contribution in [0, 0.1) is 16.7 Å². The molecule has 0 N–H and O–H groups in total. The van der Waals surface area contributed by atoms with Gasteiger partial charge in [0.15, 0.2) is 5.16 Å². The lowest BCUT2D eigenvalue weighted by atomic mass is 9.93. The number of para-hydroxylation sites is 2. The van der Waals surface area contributed by atoms with Crippen LogP contribution < -0.4 is 0 Å². The Bertz CT molecular complexity index is 607. The van der Waals surface area contributed by atoms with Crippen LogP contribution in [-0.2, 0) is 6.54 Å². The Morgan fingerprint density at radius 3 is 2.79 bits per heavy atom. The van der Waals surface area contributed by atoms with Crippen molar-refractivity contribution < 1.29 is 0 Å². The average Bonchev–Trinajstić information content (AvgIpc) is 2.76. The summed E-state index contributed by atoms with van der Waals surface area (Å²) in [6.07, 6.45) is 0.876. The third-order valence-electron chi connectivity index (χ3n) is 3.20. The average molecular weight is 273 g/mol. The quantitative estimate of drug-likeness (QED) is 0.770. The highest BCUT2D eigenvalue weighted by Gasteiger charge is 2.17. The van der Waals surface area contributed by atoms with Gasteiger partial charge in [-0.3, -0.25) is 0 Å². The van der Waals surface area contributed by atoms with Crippen molar-refractivity contribution in [3.05, 3.63) is 24.3 Å². The van der Waals surface area contributed by atoms with E-state index in [1.54, 1.807) is 11.8 Å². The van der Waals surface area contributed by atoms with Crippen molar-refractivity contribution in [1.29, 1.82) is 5.26 Å². The fraction of sp³-hybridized carbons (Fsp3) is 0.467. The molecular formula is C15H19N3S. The molecule has 0 aliphatic carbocycles. The van der Waals surface area contributed by atoms with Crippen molar-refractivity contribution in [2.75, 3.05) is 5.75 Å². The number of benzene rings is 1. The van der Waals surface area contributed by atoms with Gasteiger partial charge in [-0.2, -0.15) is 5.26 Å². The molecule has 0 unspecified atom stereocenters. The van der Waals surface area contributed by atoms with Gasteiger partial charge in [-0.05, 0) is 39.3 Å². The molecule has 0 amide bonds. The summed E-state index contributed by atoms with van der Waals surface area (Å²) in [5.41, 5.74) is 1.98. The second-order valence-electron chi connectivity index (χ2n) is 5.22. The second-order valence-corrected chi connectivity index (χ2v) is 6.28. The van der Waals surface area contributed by atoms with Crippen LogP contribution in [0.25, 0.3) is 11.0 Å². The minimum atomic E-state index is -0.254. The minimum absolute atomic E-state index is 0.254. The number of hydrogen-bond acceptors (Lipinski definition) is 3. The molecule has 0 aliphatic rings. The van der Waals surface area contributed by atoms with Gasteiger partial charge in [0.25, 0.3) is 0 Å². The van der Waals surface area contributed by atoms with Crippen LogP contribution in [0.5, 0.6) is 0 Å². The van der Waals surface area contributed by atoms with Gasteiger partial charge in [-0.15, -0.1) is 0 Å². The number of nitriles is 1. The first kappa shape index (κ1) is 14.0. The molecule has 1 aromatic carbocycles. The SMILES string of the molecule is CCn1c(SCCC(C)(C)C#N)nc2ccccc21. The molecule has 100 valence electrons. The maximum absolute atomic E-state index is 9.03. The first-order valence-electron chi connectivity index (χ1n) is 6.57. The van der Waals surface area contributed by atoms with Crippen molar-refractivity contribution in [2.45, 2.75) is 38.9 Å². The van der Waals surface area contributed by atoms with Gasteiger partial charge in [0.1, 0.15) is 0 Å². The third-order valence-corrected chi connectivity index (χ3v) is 4.17. The molecule has 3 nitrogen and oxygen atoms in total. The van der Waals surface area contributed by atoms with Crippen LogP contribution in [0.2, 0.25) is 0 Å². The molecule has 0 aliphatic heterocycles. The first-order valence-corrected chi connectivity index (χ1v) is 7.55. The zero-order valence-corrected chi connectivity index (χ0v) is 12.5. The number of hydrogen-bond donors (Lipinski definition) is 0.